The molecule has 2 heteroatoms. The third-order valence-electron chi connectivity index (χ3n) is 9.80. The van der Waals surface area contributed by atoms with E-state index in [0.717, 1.165) is 11.4 Å². The number of nitrogens with zero attached hydrogens (tertiary/aromatic N) is 1. The molecular formula is C46H29NS. The average Bonchev–Trinajstić information content (AvgIpc) is 3.53. The van der Waals surface area contributed by atoms with E-state index < -0.39 is 0 Å². The summed E-state index contributed by atoms with van der Waals surface area (Å²) in [5.74, 6) is 0. The fourth-order valence-electron chi connectivity index (χ4n) is 7.64. The largest absolute Gasteiger partial charge is 0.309 e. The first-order valence-corrected chi connectivity index (χ1v) is 17.3. The highest BCUT2D eigenvalue weighted by Gasteiger charge is 2.22. The van der Waals surface area contributed by atoms with Crippen LogP contribution in [-0.4, -0.2) is 0 Å². The predicted molar refractivity (Wildman–Crippen MR) is 209 cm³/mol. The fraction of sp³-hybridized carbons (Fsp3) is 0. The van der Waals surface area contributed by atoms with E-state index >= 15 is 0 Å². The van der Waals surface area contributed by atoms with Crippen LogP contribution in [-0.2, 0) is 0 Å². The van der Waals surface area contributed by atoms with Crippen LogP contribution >= 0.6 is 11.3 Å². The first-order chi connectivity index (χ1) is 23.8. The molecule has 0 fully saturated rings. The zero-order chi connectivity index (χ0) is 31.6. The molecule has 0 unspecified atom stereocenters. The topological polar surface area (TPSA) is 3.24 Å². The van der Waals surface area contributed by atoms with Gasteiger partial charge in [-0.1, -0.05) is 146 Å². The zero-order valence-electron chi connectivity index (χ0n) is 26.1. The summed E-state index contributed by atoms with van der Waals surface area (Å²) in [5.41, 5.74) is 5.86. The summed E-state index contributed by atoms with van der Waals surface area (Å²) in [5, 5.41) is 12.7. The number of para-hydroxylation sites is 1. The SMILES string of the molecule is c1ccc(-c2ccccc2N(c2ccc3c(c2)sc2ccccc23)c2cc3ccccc3c3c2ccc2ccc4ccccc4c23)cc1. The number of anilines is 3. The highest BCUT2D eigenvalue weighted by molar-refractivity contribution is 7.25. The van der Waals surface area contributed by atoms with Crippen LogP contribution in [0.25, 0.3) is 74.4 Å². The molecule has 0 spiro atoms. The van der Waals surface area contributed by atoms with Crippen LogP contribution < -0.4 is 4.90 Å². The van der Waals surface area contributed by atoms with Gasteiger partial charge in [0.2, 0.25) is 0 Å². The molecule has 10 rings (SSSR count). The molecule has 224 valence electrons. The van der Waals surface area contributed by atoms with Gasteiger partial charge in [0.1, 0.15) is 0 Å². The van der Waals surface area contributed by atoms with Gasteiger partial charge in [-0.2, -0.15) is 0 Å². The summed E-state index contributed by atoms with van der Waals surface area (Å²) < 4.78 is 2.60. The maximum absolute atomic E-state index is 2.50. The molecule has 0 aliphatic carbocycles. The lowest BCUT2D eigenvalue weighted by Crippen LogP contribution is -2.12. The minimum absolute atomic E-state index is 1.15. The van der Waals surface area contributed by atoms with E-state index in [9.17, 15) is 0 Å². The Bertz CT molecular complexity index is 2850. The molecule has 0 radical (unpaired) electrons. The molecule has 1 nitrogen and oxygen atoms in total. The smallest absolute Gasteiger partial charge is 0.0546 e. The van der Waals surface area contributed by atoms with Crippen LogP contribution in [0.15, 0.2) is 176 Å². The van der Waals surface area contributed by atoms with Crippen molar-refractivity contribution in [3.8, 4) is 11.1 Å². The normalized spacial score (nSPS) is 11.8. The molecule has 1 heterocycles. The molecule has 0 bridgehead atoms. The second-order valence-corrected chi connectivity index (χ2v) is 13.6. The molecular weight excluding hydrogens is 599 g/mol. The maximum atomic E-state index is 2.50. The van der Waals surface area contributed by atoms with Crippen molar-refractivity contribution in [2.24, 2.45) is 0 Å². The molecule has 0 atom stereocenters. The van der Waals surface area contributed by atoms with Crippen LogP contribution in [0.5, 0.6) is 0 Å². The molecule has 0 N–H and O–H groups in total. The van der Waals surface area contributed by atoms with Gasteiger partial charge in [0.05, 0.1) is 11.4 Å². The van der Waals surface area contributed by atoms with E-state index in [1.54, 1.807) is 0 Å². The van der Waals surface area contributed by atoms with Gasteiger partial charge in [0, 0.05) is 42.2 Å². The molecule has 0 amide bonds. The van der Waals surface area contributed by atoms with Gasteiger partial charge in [0.15, 0.2) is 0 Å². The van der Waals surface area contributed by atoms with Gasteiger partial charge >= 0.3 is 0 Å². The summed E-state index contributed by atoms with van der Waals surface area (Å²) in [6, 6.07) is 64.6. The third-order valence-corrected chi connectivity index (χ3v) is 10.9. The maximum Gasteiger partial charge on any atom is 0.0546 e. The average molecular weight is 628 g/mol. The lowest BCUT2D eigenvalue weighted by Gasteiger charge is -2.30. The number of thiophene rings is 1. The molecule has 10 aromatic rings. The van der Waals surface area contributed by atoms with Crippen LogP contribution in [0.3, 0.4) is 0 Å². The standard InChI is InChI=1S/C46H29NS/c1-2-12-30(13-3-1)35-16-8-10-20-41(35)47(34-25-27-39-38-19-9-11-21-43(38)48-44(39)29-34)42-28-33-15-5-7-18-37(33)46-40(42)26-24-32-23-22-31-14-4-6-17-36(31)45(32)46/h1-29H. The number of hydrogen-bond donors (Lipinski definition) is 0. The van der Waals surface area contributed by atoms with E-state index in [1.165, 1.54) is 80.1 Å². The van der Waals surface area contributed by atoms with Gasteiger partial charge in [-0.15, -0.1) is 11.3 Å². The van der Waals surface area contributed by atoms with Crippen molar-refractivity contribution in [3.63, 3.8) is 0 Å². The van der Waals surface area contributed by atoms with Crippen molar-refractivity contribution < 1.29 is 0 Å². The summed E-state index contributed by atoms with van der Waals surface area (Å²) in [6.45, 7) is 0. The summed E-state index contributed by atoms with van der Waals surface area (Å²) in [7, 11) is 0. The number of benzene rings is 9. The molecule has 9 aromatic carbocycles. The predicted octanol–water partition coefficient (Wildman–Crippen LogP) is 13.8. The van der Waals surface area contributed by atoms with Gasteiger partial charge in [0.25, 0.3) is 0 Å². The molecule has 0 aliphatic rings. The van der Waals surface area contributed by atoms with E-state index in [0.29, 0.717) is 0 Å². The van der Waals surface area contributed by atoms with Crippen molar-refractivity contribution >= 4 is 91.7 Å². The first kappa shape index (κ1) is 27.2. The fourth-order valence-corrected chi connectivity index (χ4v) is 8.78. The molecule has 0 saturated carbocycles. The van der Waals surface area contributed by atoms with Crippen LogP contribution in [0.1, 0.15) is 0 Å². The highest BCUT2D eigenvalue weighted by atomic mass is 32.1. The zero-order valence-corrected chi connectivity index (χ0v) is 26.9. The Morgan fingerprint density at radius 1 is 0.354 bits per heavy atom. The lowest BCUT2D eigenvalue weighted by molar-refractivity contribution is 1.31. The van der Waals surface area contributed by atoms with Crippen molar-refractivity contribution in [1.82, 2.24) is 0 Å². The number of fused-ring (bicyclic) bond motifs is 10. The second kappa shape index (κ2) is 10.8. The Kier molecular flexibility index (Phi) is 6.12. The quantitative estimate of drug-likeness (QED) is 0.176. The Hall–Kier alpha value is -5.96. The van der Waals surface area contributed by atoms with Gasteiger partial charge < -0.3 is 4.90 Å². The minimum atomic E-state index is 1.15. The Labute approximate surface area is 282 Å². The molecule has 48 heavy (non-hydrogen) atoms. The summed E-state index contributed by atoms with van der Waals surface area (Å²) in [6.07, 6.45) is 0. The van der Waals surface area contributed by atoms with Crippen LogP contribution in [0.2, 0.25) is 0 Å². The molecule has 0 saturated heterocycles. The monoisotopic (exact) mass is 627 g/mol. The van der Waals surface area contributed by atoms with Crippen molar-refractivity contribution in [2.75, 3.05) is 4.90 Å². The second-order valence-electron chi connectivity index (χ2n) is 12.5. The van der Waals surface area contributed by atoms with Crippen LogP contribution in [0, 0.1) is 0 Å². The lowest BCUT2D eigenvalue weighted by atomic mass is 9.91. The Morgan fingerprint density at radius 2 is 0.979 bits per heavy atom. The van der Waals surface area contributed by atoms with Gasteiger partial charge in [-0.25, -0.2) is 0 Å². The Balaban J connectivity index is 1.36. The Morgan fingerprint density at radius 3 is 1.85 bits per heavy atom. The first-order valence-electron chi connectivity index (χ1n) is 16.4. The van der Waals surface area contributed by atoms with Crippen molar-refractivity contribution in [1.29, 1.82) is 0 Å². The minimum Gasteiger partial charge on any atom is -0.309 e. The summed E-state index contributed by atoms with van der Waals surface area (Å²) >= 11 is 1.87. The van der Waals surface area contributed by atoms with E-state index in [-0.39, 0.29) is 0 Å². The molecule has 1 aromatic heterocycles. The van der Waals surface area contributed by atoms with Gasteiger partial charge in [-0.05, 0) is 68.2 Å². The van der Waals surface area contributed by atoms with Gasteiger partial charge in [-0.3, -0.25) is 0 Å². The number of rotatable bonds is 4. The van der Waals surface area contributed by atoms with Crippen LogP contribution in [0.4, 0.5) is 17.1 Å². The van der Waals surface area contributed by atoms with E-state index in [1.807, 2.05) is 11.3 Å². The van der Waals surface area contributed by atoms with Crippen molar-refractivity contribution in [2.45, 2.75) is 0 Å². The van der Waals surface area contributed by atoms with Crippen molar-refractivity contribution in [3.05, 3.63) is 176 Å². The molecule has 0 aliphatic heterocycles. The number of hydrogen-bond acceptors (Lipinski definition) is 2. The summed E-state index contributed by atoms with van der Waals surface area (Å²) in [4.78, 5) is 2.50. The van der Waals surface area contributed by atoms with E-state index in [2.05, 4.69) is 181 Å². The highest BCUT2D eigenvalue weighted by Crippen LogP contribution is 2.48. The third kappa shape index (κ3) is 4.17. The van der Waals surface area contributed by atoms with E-state index in [4.69, 9.17) is 0 Å².